The first kappa shape index (κ1) is 30.1. The zero-order valence-corrected chi connectivity index (χ0v) is 25.9. The van der Waals surface area contributed by atoms with Crippen molar-refractivity contribution in [2.24, 2.45) is 0 Å². The Kier molecular flexibility index (Phi) is 8.96. The van der Waals surface area contributed by atoms with E-state index in [2.05, 4.69) is 32.7 Å². The Labute approximate surface area is 266 Å². The fraction of sp³-hybridized carbons (Fsp3) is 0.194. The molecule has 1 aliphatic rings. The van der Waals surface area contributed by atoms with Gasteiger partial charge in [-0.1, -0.05) is 48.0 Å². The van der Waals surface area contributed by atoms with Gasteiger partial charge in [0.15, 0.2) is 11.5 Å². The number of para-hydroxylation sites is 1. The van der Waals surface area contributed by atoms with Crippen molar-refractivity contribution in [3.63, 3.8) is 0 Å². The number of anilines is 2. The molecule has 0 atom stereocenters. The molecule has 4 aromatic carbocycles. The molecule has 1 aromatic heterocycles. The summed E-state index contributed by atoms with van der Waals surface area (Å²) in [5, 5.41) is 6.84. The van der Waals surface area contributed by atoms with Gasteiger partial charge >= 0.3 is 0 Å². The van der Waals surface area contributed by atoms with E-state index in [1.165, 1.54) is 22.9 Å². The minimum Gasteiger partial charge on any atom is -0.493 e. The van der Waals surface area contributed by atoms with Crippen LogP contribution in [0.15, 0.2) is 91.1 Å². The van der Waals surface area contributed by atoms with Gasteiger partial charge in [-0.2, -0.15) is 0 Å². The van der Waals surface area contributed by atoms with Gasteiger partial charge in [0, 0.05) is 36.9 Å². The number of halogens is 1. The first-order valence-electron chi connectivity index (χ1n) is 14.7. The first-order chi connectivity index (χ1) is 21.9. The van der Waals surface area contributed by atoms with E-state index < -0.39 is 5.91 Å². The number of carbonyl (C=O) groups excluding carboxylic acids is 2. The van der Waals surface area contributed by atoms with Gasteiger partial charge in [0.05, 0.1) is 41.6 Å². The maximum atomic E-state index is 13.4. The summed E-state index contributed by atoms with van der Waals surface area (Å²) in [4.78, 5) is 33.3. The highest BCUT2D eigenvalue weighted by atomic mass is 35.5. The van der Waals surface area contributed by atoms with Gasteiger partial charge in [0.2, 0.25) is 0 Å². The highest BCUT2D eigenvalue weighted by molar-refractivity contribution is 6.35. The highest BCUT2D eigenvalue weighted by Gasteiger charge is 2.21. The number of carbonyl (C=O) groups is 2. The normalized spacial score (nSPS) is 12.8. The summed E-state index contributed by atoms with van der Waals surface area (Å²) in [6.45, 7) is 2.75. The third-order valence-electron chi connectivity index (χ3n) is 8.07. The van der Waals surface area contributed by atoms with Crippen molar-refractivity contribution in [1.82, 2.24) is 9.88 Å². The van der Waals surface area contributed by atoms with E-state index in [0.717, 1.165) is 54.9 Å². The lowest BCUT2D eigenvalue weighted by Crippen LogP contribution is -2.32. The molecule has 2 N–H and O–H groups in total. The standard InChI is InChI=1S/C36H33ClN4O4/c1-44-32-19-24-15-17-41(22-27(24)20-33(32)45-2)16-14-23-10-12-28(13-11-23)39-36(43)34-29(37)7-5-9-31(34)40-35(42)26-18-25-6-3-4-8-30(25)38-21-26/h3-13,18-21H,14-17,22H2,1-2H3,(H,39,43)(H,40,42). The highest BCUT2D eigenvalue weighted by Crippen LogP contribution is 2.33. The van der Waals surface area contributed by atoms with Crippen molar-refractivity contribution in [2.45, 2.75) is 19.4 Å². The Morgan fingerprint density at radius 3 is 2.40 bits per heavy atom. The fourth-order valence-electron chi connectivity index (χ4n) is 5.62. The summed E-state index contributed by atoms with van der Waals surface area (Å²) in [5.74, 6) is 0.722. The van der Waals surface area contributed by atoms with Crippen LogP contribution in [0.2, 0.25) is 5.02 Å². The number of pyridine rings is 1. The van der Waals surface area contributed by atoms with Gasteiger partial charge in [-0.05, 0) is 78.1 Å². The molecular weight excluding hydrogens is 588 g/mol. The third kappa shape index (κ3) is 6.77. The van der Waals surface area contributed by atoms with E-state index in [4.69, 9.17) is 21.1 Å². The first-order valence-corrected chi connectivity index (χ1v) is 15.1. The second kappa shape index (κ2) is 13.4. The summed E-state index contributed by atoms with van der Waals surface area (Å²) in [6, 6.07) is 26.3. The molecule has 0 unspecified atom stereocenters. The van der Waals surface area contributed by atoms with Gasteiger partial charge in [-0.3, -0.25) is 19.5 Å². The summed E-state index contributed by atoms with van der Waals surface area (Å²) in [6.07, 6.45) is 3.35. The topological polar surface area (TPSA) is 92.8 Å². The lowest BCUT2D eigenvalue weighted by molar-refractivity contribution is 0.102. The predicted molar refractivity (Wildman–Crippen MR) is 178 cm³/mol. The largest absolute Gasteiger partial charge is 0.493 e. The second-order valence-electron chi connectivity index (χ2n) is 10.9. The number of hydrogen-bond donors (Lipinski definition) is 2. The molecule has 45 heavy (non-hydrogen) atoms. The van der Waals surface area contributed by atoms with E-state index in [9.17, 15) is 9.59 Å². The Hall–Kier alpha value is -4.92. The van der Waals surface area contributed by atoms with Crippen LogP contribution in [0.4, 0.5) is 11.4 Å². The number of methoxy groups -OCH3 is 2. The molecule has 2 amide bonds. The van der Waals surface area contributed by atoms with Crippen molar-refractivity contribution < 1.29 is 19.1 Å². The van der Waals surface area contributed by atoms with Crippen LogP contribution >= 0.6 is 11.6 Å². The average molecular weight is 621 g/mol. The van der Waals surface area contributed by atoms with Gasteiger partial charge in [-0.25, -0.2) is 0 Å². The third-order valence-corrected chi connectivity index (χ3v) is 8.38. The molecule has 0 aliphatic carbocycles. The second-order valence-corrected chi connectivity index (χ2v) is 11.3. The minimum atomic E-state index is -0.417. The number of aromatic nitrogens is 1. The summed E-state index contributed by atoms with van der Waals surface area (Å²) in [7, 11) is 3.32. The fourth-order valence-corrected chi connectivity index (χ4v) is 5.88. The summed E-state index contributed by atoms with van der Waals surface area (Å²) >= 11 is 6.46. The molecule has 0 radical (unpaired) electrons. The Morgan fingerprint density at radius 1 is 0.867 bits per heavy atom. The lowest BCUT2D eigenvalue weighted by Gasteiger charge is -2.29. The van der Waals surface area contributed by atoms with Gasteiger partial charge in [-0.15, -0.1) is 0 Å². The molecule has 0 fully saturated rings. The maximum Gasteiger partial charge on any atom is 0.259 e. The quantitative estimate of drug-likeness (QED) is 0.184. The van der Waals surface area contributed by atoms with Crippen molar-refractivity contribution in [3.05, 3.63) is 124 Å². The molecule has 8 nitrogen and oxygen atoms in total. The van der Waals surface area contributed by atoms with E-state index in [-0.39, 0.29) is 16.5 Å². The number of nitrogens with zero attached hydrogens (tertiary/aromatic N) is 2. The molecule has 1 aliphatic heterocycles. The number of ether oxygens (including phenoxy) is 2. The van der Waals surface area contributed by atoms with Crippen LogP contribution in [0.1, 0.15) is 37.4 Å². The monoisotopic (exact) mass is 620 g/mol. The van der Waals surface area contributed by atoms with Crippen LogP contribution in [0.25, 0.3) is 10.9 Å². The summed E-state index contributed by atoms with van der Waals surface area (Å²) in [5.41, 5.74) is 6.04. The van der Waals surface area contributed by atoms with Crippen molar-refractivity contribution >= 4 is 45.7 Å². The molecule has 0 spiro atoms. The van der Waals surface area contributed by atoms with Crippen LogP contribution in [0, 0.1) is 0 Å². The Bertz CT molecular complexity index is 1880. The molecule has 9 heteroatoms. The van der Waals surface area contributed by atoms with Gasteiger partial charge < -0.3 is 20.1 Å². The van der Waals surface area contributed by atoms with Gasteiger partial charge in [0.25, 0.3) is 11.8 Å². The van der Waals surface area contributed by atoms with E-state index in [1.807, 2.05) is 48.5 Å². The van der Waals surface area contributed by atoms with Crippen LogP contribution in [0.5, 0.6) is 11.5 Å². The number of benzene rings is 4. The zero-order chi connectivity index (χ0) is 31.3. The average Bonchev–Trinajstić information content (AvgIpc) is 3.07. The van der Waals surface area contributed by atoms with E-state index in [1.54, 1.807) is 38.5 Å². The smallest absolute Gasteiger partial charge is 0.259 e. The van der Waals surface area contributed by atoms with Crippen LogP contribution in [-0.4, -0.2) is 49.0 Å². The van der Waals surface area contributed by atoms with Crippen molar-refractivity contribution in [1.29, 1.82) is 0 Å². The number of amides is 2. The Morgan fingerprint density at radius 2 is 1.62 bits per heavy atom. The zero-order valence-electron chi connectivity index (χ0n) is 25.1. The molecule has 2 heterocycles. The number of hydrogen-bond acceptors (Lipinski definition) is 6. The molecule has 0 saturated carbocycles. The van der Waals surface area contributed by atoms with E-state index >= 15 is 0 Å². The van der Waals surface area contributed by atoms with E-state index in [0.29, 0.717) is 16.9 Å². The number of rotatable bonds is 9. The van der Waals surface area contributed by atoms with Gasteiger partial charge in [0.1, 0.15) is 0 Å². The molecule has 5 aromatic rings. The Balaban J connectivity index is 1.08. The van der Waals surface area contributed by atoms with Crippen molar-refractivity contribution in [3.8, 4) is 11.5 Å². The SMILES string of the molecule is COc1cc2c(cc1OC)CN(CCc1ccc(NC(=O)c3c(Cl)cccc3NC(=O)c3cnc4ccccc4c3)cc1)CC2. The molecule has 6 rings (SSSR count). The van der Waals surface area contributed by atoms with Crippen LogP contribution in [0.3, 0.4) is 0 Å². The maximum absolute atomic E-state index is 13.4. The number of nitrogens with one attached hydrogen (secondary N) is 2. The molecular formula is C36H33ClN4O4. The number of fused-ring (bicyclic) bond motifs is 2. The lowest BCUT2D eigenvalue weighted by atomic mass is 9.98. The molecule has 228 valence electrons. The van der Waals surface area contributed by atoms with Crippen LogP contribution < -0.4 is 20.1 Å². The predicted octanol–water partition coefficient (Wildman–Crippen LogP) is 7.01. The minimum absolute atomic E-state index is 0.185. The summed E-state index contributed by atoms with van der Waals surface area (Å²) < 4.78 is 11.0. The van der Waals surface area contributed by atoms with Crippen LogP contribution in [-0.2, 0) is 19.4 Å². The molecule has 0 bridgehead atoms. The molecule has 0 saturated heterocycles. The van der Waals surface area contributed by atoms with Crippen molar-refractivity contribution in [2.75, 3.05) is 37.9 Å².